The van der Waals surface area contributed by atoms with E-state index in [0.717, 1.165) is 31.8 Å². The zero-order valence-corrected chi connectivity index (χ0v) is 14.3. The van der Waals surface area contributed by atoms with Gasteiger partial charge in [0.1, 0.15) is 5.76 Å². The average Bonchev–Trinajstić information content (AvgIpc) is 3.26. The Kier molecular flexibility index (Phi) is 4.85. The largest absolute Gasteiger partial charge is 0.469 e. The summed E-state index contributed by atoms with van der Waals surface area (Å²) in [7, 11) is 0. The maximum atomic E-state index is 12.3. The van der Waals surface area contributed by atoms with Gasteiger partial charge in [-0.1, -0.05) is 30.3 Å². The molecule has 1 aliphatic carbocycles. The number of carbonyl (C=O) groups is 1. The van der Waals surface area contributed by atoms with Crippen LogP contribution in [0.25, 0.3) is 0 Å². The summed E-state index contributed by atoms with van der Waals surface area (Å²) < 4.78 is 11.2. The van der Waals surface area contributed by atoms with E-state index in [2.05, 4.69) is 34.5 Å². The van der Waals surface area contributed by atoms with E-state index in [0.29, 0.717) is 13.2 Å². The number of nitrogens with one attached hydrogen (secondary N) is 1. The van der Waals surface area contributed by atoms with Crippen molar-refractivity contribution in [2.45, 2.75) is 25.0 Å². The molecule has 1 saturated heterocycles. The van der Waals surface area contributed by atoms with Crippen LogP contribution in [0.2, 0.25) is 0 Å². The summed E-state index contributed by atoms with van der Waals surface area (Å²) in [5.74, 6) is 1.33. The molecule has 2 heterocycles. The predicted molar refractivity (Wildman–Crippen MR) is 94.0 cm³/mol. The lowest BCUT2D eigenvalue weighted by Crippen LogP contribution is -2.47. The molecule has 2 aromatic rings. The molecule has 132 valence electrons. The van der Waals surface area contributed by atoms with Crippen LogP contribution in [0.15, 0.2) is 53.1 Å². The Morgan fingerprint density at radius 3 is 2.88 bits per heavy atom. The molecule has 4 rings (SSSR count). The number of morpholine rings is 1. The topological polar surface area (TPSA) is 54.7 Å². The van der Waals surface area contributed by atoms with Crippen molar-refractivity contribution in [3.63, 3.8) is 0 Å². The molecule has 2 fully saturated rings. The lowest BCUT2D eigenvalue weighted by Gasteiger charge is -2.33. The molecule has 3 atom stereocenters. The SMILES string of the molecule is O=C(NCC1CN(Cc2ccccc2)CCO1)C1CC1c1ccco1. The molecule has 3 unspecified atom stereocenters. The predicted octanol–water partition coefficient (Wildman–Crippen LogP) is 2.40. The lowest BCUT2D eigenvalue weighted by molar-refractivity contribution is -0.123. The first-order valence-electron chi connectivity index (χ1n) is 8.98. The van der Waals surface area contributed by atoms with Gasteiger partial charge in [-0.3, -0.25) is 9.69 Å². The van der Waals surface area contributed by atoms with Gasteiger partial charge < -0.3 is 14.5 Å². The Labute approximate surface area is 148 Å². The average molecular weight is 340 g/mol. The minimum Gasteiger partial charge on any atom is -0.469 e. The van der Waals surface area contributed by atoms with Crippen LogP contribution in [0.5, 0.6) is 0 Å². The fourth-order valence-corrected chi connectivity index (χ4v) is 3.54. The van der Waals surface area contributed by atoms with E-state index < -0.39 is 0 Å². The Morgan fingerprint density at radius 1 is 1.20 bits per heavy atom. The first kappa shape index (κ1) is 16.4. The summed E-state index contributed by atoms with van der Waals surface area (Å²) in [5.41, 5.74) is 1.31. The molecule has 5 heteroatoms. The standard InChI is InChI=1S/C20H24N2O3/c23-20(18-11-17(18)19-7-4-9-25-19)21-12-16-14-22(8-10-24-16)13-15-5-2-1-3-6-15/h1-7,9,16-18H,8,10-14H2,(H,21,23). The number of rotatable bonds is 6. The van der Waals surface area contributed by atoms with E-state index in [1.165, 1.54) is 5.56 Å². The van der Waals surface area contributed by atoms with Crippen LogP contribution in [0, 0.1) is 5.92 Å². The second-order valence-corrected chi connectivity index (χ2v) is 6.92. The van der Waals surface area contributed by atoms with E-state index in [1.54, 1.807) is 6.26 Å². The summed E-state index contributed by atoms with van der Waals surface area (Å²) in [6.07, 6.45) is 2.60. The normalized spacial score (nSPS) is 26.3. The molecule has 1 saturated carbocycles. The maximum absolute atomic E-state index is 12.3. The second kappa shape index (κ2) is 7.42. The van der Waals surface area contributed by atoms with Crippen molar-refractivity contribution < 1.29 is 13.9 Å². The summed E-state index contributed by atoms with van der Waals surface area (Å²) in [4.78, 5) is 14.7. The second-order valence-electron chi connectivity index (χ2n) is 6.92. The highest BCUT2D eigenvalue weighted by Gasteiger charge is 2.45. The molecular formula is C20H24N2O3. The fourth-order valence-electron chi connectivity index (χ4n) is 3.54. The Hall–Kier alpha value is -2.11. The number of hydrogen-bond donors (Lipinski definition) is 1. The highest BCUT2D eigenvalue weighted by Crippen LogP contribution is 2.47. The minimum absolute atomic E-state index is 0.0511. The molecule has 0 bridgehead atoms. The van der Waals surface area contributed by atoms with Gasteiger partial charge >= 0.3 is 0 Å². The summed E-state index contributed by atoms with van der Waals surface area (Å²) in [6.45, 7) is 4.00. The van der Waals surface area contributed by atoms with Crippen LogP contribution in [-0.4, -0.2) is 43.2 Å². The molecule has 1 aromatic heterocycles. The molecule has 2 aliphatic rings. The minimum atomic E-state index is 0.0511. The third-order valence-corrected chi connectivity index (χ3v) is 5.01. The van der Waals surface area contributed by atoms with Crippen LogP contribution in [-0.2, 0) is 16.1 Å². The number of carbonyl (C=O) groups excluding carboxylic acids is 1. The number of nitrogens with zero attached hydrogens (tertiary/aromatic N) is 1. The Balaban J connectivity index is 1.22. The lowest BCUT2D eigenvalue weighted by atomic mass is 10.2. The fraction of sp³-hybridized carbons (Fsp3) is 0.450. The van der Waals surface area contributed by atoms with Crippen molar-refractivity contribution in [1.82, 2.24) is 10.2 Å². The van der Waals surface area contributed by atoms with Crippen molar-refractivity contribution in [3.8, 4) is 0 Å². The number of furan rings is 1. The van der Waals surface area contributed by atoms with Gasteiger partial charge in [0.25, 0.3) is 0 Å². The number of ether oxygens (including phenoxy) is 1. The summed E-state index contributed by atoms with van der Waals surface area (Å²) in [6, 6.07) is 14.3. The van der Waals surface area contributed by atoms with Gasteiger partial charge in [0, 0.05) is 38.0 Å². The van der Waals surface area contributed by atoms with E-state index in [-0.39, 0.29) is 23.8 Å². The van der Waals surface area contributed by atoms with E-state index in [1.807, 2.05) is 18.2 Å². The summed E-state index contributed by atoms with van der Waals surface area (Å²) in [5, 5.41) is 3.06. The van der Waals surface area contributed by atoms with Gasteiger partial charge in [-0.25, -0.2) is 0 Å². The van der Waals surface area contributed by atoms with Crippen LogP contribution < -0.4 is 5.32 Å². The van der Waals surface area contributed by atoms with E-state index in [9.17, 15) is 4.79 Å². The molecule has 1 aromatic carbocycles. The van der Waals surface area contributed by atoms with Gasteiger partial charge in [-0.05, 0) is 24.1 Å². The van der Waals surface area contributed by atoms with E-state index >= 15 is 0 Å². The van der Waals surface area contributed by atoms with Crippen molar-refractivity contribution in [2.24, 2.45) is 5.92 Å². The van der Waals surface area contributed by atoms with Crippen LogP contribution in [0.1, 0.15) is 23.7 Å². The molecule has 1 amide bonds. The first-order chi connectivity index (χ1) is 12.3. The Morgan fingerprint density at radius 2 is 2.08 bits per heavy atom. The van der Waals surface area contributed by atoms with Crippen molar-refractivity contribution in [3.05, 3.63) is 60.1 Å². The molecule has 1 N–H and O–H groups in total. The highest BCUT2D eigenvalue weighted by atomic mass is 16.5. The third-order valence-electron chi connectivity index (χ3n) is 5.01. The monoisotopic (exact) mass is 340 g/mol. The van der Waals surface area contributed by atoms with Crippen LogP contribution >= 0.6 is 0 Å². The molecular weight excluding hydrogens is 316 g/mol. The maximum Gasteiger partial charge on any atom is 0.223 e. The first-order valence-corrected chi connectivity index (χ1v) is 8.98. The van der Waals surface area contributed by atoms with Gasteiger partial charge in [0.15, 0.2) is 0 Å². The molecule has 0 radical (unpaired) electrons. The third kappa shape index (κ3) is 4.11. The van der Waals surface area contributed by atoms with Crippen molar-refractivity contribution in [2.75, 3.05) is 26.2 Å². The molecule has 5 nitrogen and oxygen atoms in total. The quantitative estimate of drug-likeness (QED) is 0.877. The van der Waals surface area contributed by atoms with Gasteiger partial charge in [-0.2, -0.15) is 0 Å². The number of hydrogen-bond acceptors (Lipinski definition) is 4. The van der Waals surface area contributed by atoms with Gasteiger partial charge in [-0.15, -0.1) is 0 Å². The van der Waals surface area contributed by atoms with Crippen molar-refractivity contribution in [1.29, 1.82) is 0 Å². The number of benzene rings is 1. The number of amides is 1. The molecule has 1 aliphatic heterocycles. The Bertz CT molecular complexity index is 686. The molecule has 25 heavy (non-hydrogen) atoms. The van der Waals surface area contributed by atoms with Crippen molar-refractivity contribution >= 4 is 5.91 Å². The van der Waals surface area contributed by atoms with E-state index in [4.69, 9.17) is 9.15 Å². The zero-order chi connectivity index (χ0) is 17.1. The van der Waals surface area contributed by atoms with Crippen LogP contribution in [0.4, 0.5) is 0 Å². The summed E-state index contributed by atoms with van der Waals surface area (Å²) >= 11 is 0. The zero-order valence-electron chi connectivity index (χ0n) is 14.3. The smallest absolute Gasteiger partial charge is 0.223 e. The highest BCUT2D eigenvalue weighted by molar-refractivity contribution is 5.82. The van der Waals surface area contributed by atoms with Crippen LogP contribution in [0.3, 0.4) is 0 Å². The molecule has 0 spiro atoms. The van der Waals surface area contributed by atoms with Gasteiger partial charge in [0.2, 0.25) is 5.91 Å². The van der Waals surface area contributed by atoms with Gasteiger partial charge in [0.05, 0.1) is 19.0 Å².